The van der Waals surface area contributed by atoms with Gasteiger partial charge >= 0.3 is 11.9 Å². The molecule has 29 heavy (non-hydrogen) atoms. The second-order valence-corrected chi connectivity index (χ2v) is 9.26. The predicted molar refractivity (Wildman–Crippen MR) is 112 cm³/mol. The molecule has 0 saturated carbocycles. The Balaban J connectivity index is 2.54. The third kappa shape index (κ3) is 7.95. The Morgan fingerprint density at radius 1 is 0.724 bits per heavy atom. The standard InChI is InChI=1S/C23H36O6/c1-22(2,20(26)27)12-8-5-6-10-16-14-18(24)15-17(19(16)25)11-7-9-13-23(3,4)21(28)29/h14-15,24-25H,5-13H2,1-4H3,(H,26,27)(H,28,29). The van der Waals surface area contributed by atoms with E-state index >= 15 is 0 Å². The highest BCUT2D eigenvalue weighted by atomic mass is 16.4. The lowest BCUT2D eigenvalue weighted by Gasteiger charge is -2.19. The molecule has 1 rings (SSSR count). The number of aryl methyl sites for hydroxylation is 2. The van der Waals surface area contributed by atoms with Gasteiger partial charge in [0.15, 0.2) is 0 Å². The van der Waals surface area contributed by atoms with Crippen molar-refractivity contribution in [3.05, 3.63) is 23.3 Å². The maximum absolute atomic E-state index is 11.2. The first-order valence-corrected chi connectivity index (χ1v) is 10.4. The van der Waals surface area contributed by atoms with E-state index in [1.165, 1.54) is 0 Å². The minimum absolute atomic E-state index is 0.116. The van der Waals surface area contributed by atoms with Crippen LogP contribution in [-0.4, -0.2) is 32.4 Å². The van der Waals surface area contributed by atoms with Crippen LogP contribution >= 0.6 is 0 Å². The van der Waals surface area contributed by atoms with E-state index < -0.39 is 22.8 Å². The molecule has 0 unspecified atom stereocenters. The number of phenolic OH excluding ortho intramolecular Hbond substituents is 2. The minimum atomic E-state index is -0.813. The lowest BCUT2D eigenvalue weighted by Crippen LogP contribution is -2.23. The van der Waals surface area contributed by atoms with Crippen LogP contribution < -0.4 is 0 Å². The summed E-state index contributed by atoms with van der Waals surface area (Å²) in [5.74, 6) is -1.29. The van der Waals surface area contributed by atoms with Gasteiger partial charge in [0.2, 0.25) is 0 Å². The van der Waals surface area contributed by atoms with Crippen LogP contribution in [0.4, 0.5) is 0 Å². The molecule has 6 nitrogen and oxygen atoms in total. The number of carboxylic acid groups (broad SMARTS) is 2. The zero-order chi connectivity index (χ0) is 22.2. The summed E-state index contributed by atoms with van der Waals surface area (Å²) in [6.07, 6.45) is 6.27. The van der Waals surface area contributed by atoms with E-state index in [0.29, 0.717) is 36.8 Å². The number of unbranched alkanes of at least 4 members (excludes halogenated alkanes) is 3. The van der Waals surface area contributed by atoms with Gasteiger partial charge in [-0.3, -0.25) is 9.59 Å². The molecule has 0 aliphatic heterocycles. The summed E-state index contributed by atoms with van der Waals surface area (Å²) in [6.45, 7) is 6.86. The summed E-state index contributed by atoms with van der Waals surface area (Å²) in [7, 11) is 0. The average Bonchev–Trinajstić information content (AvgIpc) is 2.61. The third-order valence-electron chi connectivity index (χ3n) is 5.66. The first-order chi connectivity index (χ1) is 13.4. The fraction of sp³-hybridized carbons (Fsp3) is 0.652. The van der Waals surface area contributed by atoms with Gasteiger partial charge in [0.05, 0.1) is 10.8 Å². The van der Waals surface area contributed by atoms with Crippen molar-refractivity contribution >= 4 is 11.9 Å². The SMILES string of the molecule is CC(C)(CCCCCc1cc(O)cc(CCCCC(C)(C)C(=O)O)c1O)C(=O)O. The summed E-state index contributed by atoms with van der Waals surface area (Å²) in [4.78, 5) is 22.3. The van der Waals surface area contributed by atoms with Crippen molar-refractivity contribution in [2.75, 3.05) is 0 Å². The molecule has 0 aromatic heterocycles. The van der Waals surface area contributed by atoms with E-state index in [0.717, 1.165) is 32.1 Å². The van der Waals surface area contributed by atoms with Gasteiger partial charge in [0.1, 0.15) is 11.5 Å². The van der Waals surface area contributed by atoms with Crippen LogP contribution in [0.2, 0.25) is 0 Å². The Morgan fingerprint density at radius 2 is 1.10 bits per heavy atom. The van der Waals surface area contributed by atoms with Crippen LogP contribution in [0, 0.1) is 10.8 Å². The summed E-state index contributed by atoms with van der Waals surface area (Å²) in [6, 6.07) is 3.14. The molecule has 0 atom stereocenters. The molecule has 1 aromatic rings. The van der Waals surface area contributed by atoms with Crippen LogP contribution in [0.3, 0.4) is 0 Å². The Labute approximate surface area is 173 Å². The van der Waals surface area contributed by atoms with E-state index in [4.69, 9.17) is 10.2 Å². The number of aliphatic carboxylic acids is 2. The second kappa shape index (κ2) is 10.5. The highest BCUT2D eigenvalue weighted by Crippen LogP contribution is 2.32. The van der Waals surface area contributed by atoms with Crippen LogP contribution in [0.15, 0.2) is 12.1 Å². The van der Waals surface area contributed by atoms with Gasteiger partial charge in [-0.2, -0.15) is 0 Å². The monoisotopic (exact) mass is 408 g/mol. The Bertz CT molecular complexity index is 706. The fourth-order valence-electron chi connectivity index (χ4n) is 3.28. The number of carboxylic acids is 2. The summed E-state index contributed by atoms with van der Waals surface area (Å²) in [5.41, 5.74) is -0.111. The van der Waals surface area contributed by atoms with Crippen molar-refractivity contribution in [1.82, 2.24) is 0 Å². The molecule has 0 aliphatic carbocycles. The zero-order valence-electron chi connectivity index (χ0n) is 18.1. The number of aromatic hydroxyl groups is 2. The van der Waals surface area contributed by atoms with Gasteiger partial charge in [-0.05, 0) is 89.5 Å². The summed E-state index contributed by atoms with van der Waals surface area (Å²) < 4.78 is 0. The molecule has 0 saturated heterocycles. The molecular weight excluding hydrogens is 372 g/mol. The van der Waals surface area contributed by atoms with E-state index in [1.54, 1.807) is 39.8 Å². The molecule has 0 bridgehead atoms. The number of hydrogen-bond acceptors (Lipinski definition) is 4. The van der Waals surface area contributed by atoms with Gasteiger partial charge in [0, 0.05) is 0 Å². The van der Waals surface area contributed by atoms with Gasteiger partial charge in [-0.15, -0.1) is 0 Å². The maximum atomic E-state index is 11.2. The van der Waals surface area contributed by atoms with Crippen LogP contribution in [-0.2, 0) is 22.4 Å². The lowest BCUT2D eigenvalue weighted by molar-refractivity contribution is -0.148. The Morgan fingerprint density at radius 3 is 1.52 bits per heavy atom. The molecule has 0 heterocycles. The number of hydrogen-bond donors (Lipinski definition) is 4. The van der Waals surface area contributed by atoms with Gasteiger partial charge < -0.3 is 20.4 Å². The van der Waals surface area contributed by atoms with E-state index in [9.17, 15) is 19.8 Å². The van der Waals surface area contributed by atoms with Crippen LogP contribution in [0.5, 0.6) is 11.5 Å². The van der Waals surface area contributed by atoms with Crippen molar-refractivity contribution in [2.24, 2.45) is 10.8 Å². The highest BCUT2D eigenvalue weighted by Gasteiger charge is 2.27. The quantitative estimate of drug-likeness (QED) is 0.265. The molecule has 0 fully saturated rings. The zero-order valence-corrected chi connectivity index (χ0v) is 18.1. The van der Waals surface area contributed by atoms with Crippen molar-refractivity contribution in [3.8, 4) is 11.5 Å². The molecule has 0 spiro atoms. The van der Waals surface area contributed by atoms with Gasteiger partial charge in [0.25, 0.3) is 0 Å². The number of phenols is 2. The van der Waals surface area contributed by atoms with Gasteiger partial charge in [-0.25, -0.2) is 0 Å². The molecule has 0 amide bonds. The first-order valence-electron chi connectivity index (χ1n) is 10.4. The highest BCUT2D eigenvalue weighted by molar-refractivity contribution is 5.73. The Kier molecular flexibility index (Phi) is 8.99. The molecule has 164 valence electrons. The maximum Gasteiger partial charge on any atom is 0.309 e. The molecule has 6 heteroatoms. The normalized spacial score (nSPS) is 12.1. The second-order valence-electron chi connectivity index (χ2n) is 9.26. The largest absolute Gasteiger partial charge is 0.508 e. The van der Waals surface area contributed by atoms with Crippen molar-refractivity contribution in [1.29, 1.82) is 0 Å². The summed E-state index contributed by atoms with van der Waals surface area (Å²) >= 11 is 0. The third-order valence-corrected chi connectivity index (χ3v) is 5.66. The molecule has 4 N–H and O–H groups in total. The van der Waals surface area contributed by atoms with E-state index in [2.05, 4.69) is 0 Å². The van der Waals surface area contributed by atoms with Crippen molar-refractivity contribution in [2.45, 2.75) is 85.5 Å². The van der Waals surface area contributed by atoms with Gasteiger partial charge in [-0.1, -0.05) is 19.3 Å². The predicted octanol–water partition coefficient (Wildman–Crippen LogP) is 5.14. The van der Waals surface area contributed by atoms with E-state index in [1.807, 2.05) is 0 Å². The Hall–Kier alpha value is -2.24. The number of benzene rings is 1. The lowest BCUT2D eigenvalue weighted by atomic mass is 9.86. The first kappa shape index (κ1) is 24.8. The van der Waals surface area contributed by atoms with E-state index in [-0.39, 0.29) is 11.5 Å². The van der Waals surface area contributed by atoms with Crippen LogP contribution in [0.25, 0.3) is 0 Å². The number of rotatable bonds is 13. The molecule has 1 aromatic carbocycles. The minimum Gasteiger partial charge on any atom is -0.508 e. The molecular formula is C23H36O6. The van der Waals surface area contributed by atoms with Crippen molar-refractivity contribution in [3.63, 3.8) is 0 Å². The summed E-state index contributed by atoms with van der Waals surface area (Å²) in [5, 5.41) is 38.8. The van der Waals surface area contributed by atoms with Crippen molar-refractivity contribution < 1.29 is 30.0 Å². The topological polar surface area (TPSA) is 115 Å². The van der Waals surface area contributed by atoms with Crippen LogP contribution in [0.1, 0.15) is 83.8 Å². The average molecular weight is 409 g/mol. The molecule has 0 radical (unpaired) electrons. The number of carbonyl (C=O) groups is 2. The smallest absolute Gasteiger partial charge is 0.309 e. The molecule has 0 aliphatic rings. The fourth-order valence-corrected chi connectivity index (χ4v) is 3.28.